The molecule has 2 aromatic rings. The zero-order valence-corrected chi connectivity index (χ0v) is 52.8. The number of ketones is 5. The normalized spacial score (nSPS) is 16.4. The van der Waals surface area contributed by atoms with E-state index in [2.05, 4.69) is 56.8 Å². The third-order valence-electron chi connectivity index (χ3n) is 15.2. The van der Waals surface area contributed by atoms with Crippen LogP contribution in [0, 0.1) is 29.6 Å². The first-order valence-corrected chi connectivity index (χ1v) is 30.7. The van der Waals surface area contributed by atoms with Crippen LogP contribution in [0.3, 0.4) is 0 Å². The van der Waals surface area contributed by atoms with Gasteiger partial charge in [0.1, 0.15) is 34.6 Å². The maximum absolute atomic E-state index is 14.1. The van der Waals surface area contributed by atoms with E-state index >= 15 is 0 Å². The lowest BCUT2D eigenvalue weighted by molar-refractivity contribution is -0.140. The summed E-state index contributed by atoms with van der Waals surface area (Å²) in [5, 5.41) is 49.7. The van der Waals surface area contributed by atoms with Crippen LogP contribution >= 0.6 is 25.3 Å². The number of hydrogen-bond acceptors (Lipinski definition) is 20. The van der Waals surface area contributed by atoms with Crippen molar-refractivity contribution >= 4 is 107 Å². The van der Waals surface area contributed by atoms with Crippen LogP contribution in [0.4, 0.5) is 0 Å². The second-order valence-electron chi connectivity index (χ2n) is 23.1. The fourth-order valence-electron chi connectivity index (χ4n) is 10.2. The first-order valence-electron chi connectivity index (χ1n) is 29.5. The molecule has 90 heavy (non-hydrogen) atoms. The van der Waals surface area contributed by atoms with Crippen LogP contribution in [0.5, 0.6) is 11.5 Å². The summed E-state index contributed by atoms with van der Waals surface area (Å²) in [6.07, 6.45) is -2.00. The number of carboxylic acids is 1. The van der Waals surface area contributed by atoms with E-state index in [9.17, 15) is 82.8 Å². The molecule has 11 atom stereocenters. The van der Waals surface area contributed by atoms with Crippen molar-refractivity contribution in [1.82, 2.24) is 31.5 Å². The quantitative estimate of drug-likeness (QED) is 0.0161. The number of aliphatic hydroxyl groups excluding tert-OH is 1. The number of carbonyl (C=O) groups is 13. The summed E-state index contributed by atoms with van der Waals surface area (Å²) in [6.45, 7) is 5.83. The third kappa shape index (κ3) is 26.2. The number of aliphatic hydroxyl groups is 1. The highest BCUT2D eigenvalue weighted by molar-refractivity contribution is 7.82. The molecule has 30 heteroatoms. The van der Waals surface area contributed by atoms with Crippen molar-refractivity contribution in [3.63, 3.8) is 0 Å². The van der Waals surface area contributed by atoms with Crippen LogP contribution in [0.25, 0.3) is 0 Å². The Kier molecular flexibility index (Phi) is 32.1. The number of phenols is 2. The Balaban J connectivity index is 1.72. The summed E-state index contributed by atoms with van der Waals surface area (Å²) in [4.78, 5) is 179. The monoisotopic (exact) mass is 1300 g/mol. The Bertz CT molecular complexity index is 2890. The number of Topliss-reactive ketones (excluding diaryl/α,β-unsaturated/α-hetero) is 5. The molecule has 1 fully saturated rings. The largest absolute Gasteiger partial charge is 0.508 e. The number of carboxylic acid groups (broad SMARTS) is 1. The molecule has 7 amide bonds. The van der Waals surface area contributed by atoms with Gasteiger partial charge in [-0.25, -0.2) is 0 Å². The Morgan fingerprint density at radius 3 is 1.67 bits per heavy atom. The van der Waals surface area contributed by atoms with Crippen LogP contribution in [-0.4, -0.2) is 181 Å². The highest BCUT2D eigenvalue weighted by Crippen LogP contribution is 2.24. The van der Waals surface area contributed by atoms with Gasteiger partial charge >= 0.3 is 5.97 Å². The number of primary amides is 2. The molecule has 1 heterocycles. The van der Waals surface area contributed by atoms with Crippen molar-refractivity contribution in [3.8, 4) is 11.5 Å². The molecule has 0 unspecified atom stereocenters. The SMILES string of the molecule is CC(C)C[C@H](C)C(=O)C[C@@H](Cc1ccc(O)cc1)C(=O)N[C@@H](CCCN=C(N)N)C(=O)C[C@@H](C)C(=O)N[C@@H](CC(N)=O)C(=O)CCC(=O)N[C@H](C(=O)CN1CCC[C@H]1C(=O)N[C@@H](CS)C(=O)C[C@@H](Cc1ccc(O)cc1)C(=O)N[C@@H](CO)C(N)=O)[C@@H](S)C(=O)O. The Hall–Kier alpha value is -7.96. The number of nitrogens with two attached hydrogens (primary N) is 4. The molecule has 1 aliphatic rings. The van der Waals surface area contributed by atoms with Crippen LogP contribution in [0.1, 0.15) is 109 Å². The zero-order valence-electron chi connectivity index (χ0n) is 51.0. The van der Waals surface area contributed by atoms with E-state index in [1.165, 1.54) is 48.2 Å². The lowest BCUT2D eigenvalue weighted by Crippen LogP contribution is -2.55. The number of nitrogens with one attached hydrogen (secondary N) is 5. The molecule has 0 radical (unpaired) electrons. The number of thiol groups is 2. The maximum Gasteiger partial charge on any atom is 0.318 e. The van der Waals surface area contributed by atoms with Crippen molar-refractivity contribution in [2.45, 2.75) is 153 Å². The second kappa shape index (κ2) is 37.9. The first-order chi connectivity index (χ1) is 42.3. The van der Waals surface area contributed by atoms with Gasteiger partial charge in [-0.15, -0.1) is 0 Å². The van der Waals surface area contributed by atoms with Gasteiger partial charge in [-0.05, 0) is 92.8 Å². The zero-order chi connectivity index (χ0) is 67.5. The van der Waals surface area contributed by atoms with E-state index < -0.39 is 175 Å². The summed E-state index contributed by atoms with van der Waals surface area (Å²) in [5.74, 6) is -15.0. The molecule has 0 aromatic heterocycles. The molecule has 2 aromatic carbocycles. The smallest absolute Gasteiger partial charge is 0.318 e. The Morgan fingerprint density at radius 1 is 0.633 bits per heavy atom. The van der Waals surface area contributed by atoms with E-state index in [1.807, 2.05) is 13.8 Å². The predicted octanol–water partition coefficient (Wildman–Crippen LogP) is -1.16. The number of rotatable bonds is 42. The summed E-state index contributed by atoms with van der Waals surface area (Å²) < 4.78 is 0. The number of aromatic hydroxyl groups is 2. The number of guanidine groups is 1. The highest BCUT2D eigenvalue weighted by Gasteiger charge is 2.40. The number of carbonyl (C=O) groups excluding carboxylic acids is 12. The van der Waals surface area contributed by atoms with Gasteiger partial charge in [0.2, 0.25) is 41.4 Å². The van der Waals surface area contributed by atoms with Gasteiger partial charge in [-0.1, -0.05) is 52.0 Å². The molecular weight excluding hydrogens is 1210 g/mol. The van der Waals surface area contributed by atoms with Crippen molar-refractivity contribution in [1.29, 1.82) is 0 Å². The number of nitrogens with zero attached hydrogens (tertiary/aromatic N) is 2. The lowest BCUT2D eigenvalue weighted by atomic mass is 9.86. The van der Waals surface area contributed by atoms with Crippen LogP contribution < -0.4 is 49.5 Å². The van der Waals surface area contributed by atoms with Gasteiger partial charge in [0.15, 0.2) is 29.1 Å². The summed E-state index contributed by atoms with van der Waals surface area (Å²) in [7, 11) is 0. The number of benzene rings is 2. The average molecular weight is 1300 g/mol. The van der Waals surface area contributed by atoms with Crippen molar-refractivity contribution in [2.75, 3.05) is 32.0 Å². The number of phenolic OH excluding ortho intramolecular Hbond substituents is 2. The minimum Gasteiger partial charge on any atom is -0.508 e. The van der Waals surface area contributed by atoms with Crippen molar-refractivity contribution < 1.29 is 82.8 Å². The molecule has 0 bridgehead atoms. The van der Waals surface area contributed by atoms with Crippen LogP contribution in [-0.2, 0) is 75.2 Å². The molecule has 1 aliphatic heterocycles. The van der Waals surface area contributed by atoms with Crippen molar-refractivity contribution in [3.05, 3.63) is 59.7 Å². The van der Waals surface area contributed by atoms with Gasteiger partial charge in [0.05, 0.1) is 43.7 Å². The maximum atomic E-state index is 14.1. The molecule has 0 aliphatic carbocycles. The second-order valence-corrected chi connectivity index (χ2v) is 24.0. The molecule has 0 spiro atoms. The van der Waals surface area contributed by atoms with Crippen LogP contribution in [0.15, 0.2) is 53.5 Å². The predicted molar refractivity (Wildman–Crippen MR) is 335 cm³/mol. The van der Waals surface area contributed by atoms with Gasteiger partial charge in [-0.3, -0.25) is 72.2 Å². The molecule has 1 saturated heterocycles. The standard InChI is InChI=1S/C60H87N11O17S2/c1-31(2)21-32(3)46(76)25-36(23-34-9-13-38(73)14-10-34)56(84)66-40(7-5-19-65-60(63)64)47(77)22-33(4)55(83)67-41(27-50(61)80)45(75)17-18-51(81)70-52(53(90)59(87)88)49(79)28-71-20-6-8-44(71)58(86)69-43(30-89)48(78)26-37(24-35-11-15-39(74)16-12-35)57(85)68-42(29-72)54(62)82/h9-16,31-33,36-37,40-44,52-53,72-74,89-90H,5-8,17-30H2,1-4H3,(H2,61,80)(H2,62,82)(H,66,84)(H,67,83)(H,68,85)(H,69,86)(H,70,81)(H,87,88)(H4,63,64,65)/t32-,33+,36+,37+,40-,41-,42-,43-,44-,52+,53+/m0/s1. The first kappa shape index (κ1) is 76.3. The van der Waals surface area contributed by atoms with E-state index in [1.54, 1.807) is 19.1 Å². The van der Waals surface area contributed by atoms with Gasteiger partial charge in [0.25, 0.3) is 0 Å². The molecule has 17 N–H and O–H groups in total. The lowest BCUT2D eigenvalue weighted by Gasteiger charge is -2.28. The Morgan fingerprint density at radius 2 is 1.17 bits per heavy atom. The number of amides is 7. The summed E-state index contributed by atoms with van der Waals surface area (Å²) in [6, 6.07) is 3.31. The Labute approximate surface area is 532 Å². The minimum atomic E-state index is -1.85. The molecular formula is C60H87N11O17S2. The molecule has 0 saturated carbocycles. The van der Waals surface area contributed by atoms with E-state index in [4.69, 9.17) is 22.9 Å². The topological polar surface area (TPSA) is 483 Å². The van der Waals surface area contributed by atoms with E-state index in [-0.39, 0.29) is 92.4 Å². The number of aliphatic carboxylic acids is 1. The van der Waals surface area contributed by atoms with Crippen molar-refractivity contribution in [2.24, 2.45) is 57.5 Å². The third-order valence-corrected chi connectivity index (χ3v) is 16.0. The summed E-state index contributed by atoms with van der Waals surface area (Å²) in [5.41, 5.74) is 22.9. The van der Waals surface area contributed by atoms with E-state index in [0.29, 0.717) is 24.0 Å². The highest BCUT2D eigenvalue weighted by atomic mass is 32.1. The van der Waals surface area contributed by atoms with Gasteiger partial charge in [-0.2, -0.15) is 25.3 Å². The fraction of sp³-hybridized carbons (Fsp3) is 0.567. The summed E-state index contributed by atoms with van der Waals surface area (Å²) >= 11 is 8.31. The van der Waals surface area contributed by atoms with Gasteiger partial charge < -0.3 is 69.9 Å². The number of likely N-dealkylation sites (tertiary alicyclic amines) is 1. The number of hydrogen-bond donors (Lipinski definition) is 15. The fourth-order valence-corrected chi connectivity index (χ4v) is 10.7. The van der Waals surface area contributed by atoms with Crippen LogP contribution in [0.2, 0.25) is 0 Å². The van der Waals surface area contributed by atoms with Gasteiger partial charge in [0, 0.05) is 68.1 Å². The minimum absolute atomic E-state index is 0.00244. The average Bonchev–Trinajstić information content (AvgIpc) is 1.94. The molecule has 28 nitrogen and oxygen atoms in total. The number of aliphatic imine (C=N–C) groups is 1. The van der Waals surface area contributed by atoms with E-state index in [0.717, 1.165) is 0 Å². The molecule has 3 rings (SSSR count). The molecule has 496 valence electrons.